The number of phenols is 1. The number of aromatic hydroxyl groups is 1. The number of ether oxygens (including phenoxy) is 1. The quantitative estimate of drug-likeness (QED) is 0.597. The molecule has 2 aromatic carbocycles. The third-order valence-electron chi connectivity index (χ3n) is 4.32. The van der Waals surface area contributed by atoms with Gasteiger partial charge in [0.15, 0.2) is 0 Å². The summed E-state index contributed by atoms with van der Waals surface area (Å²) in [6.45, 7) is 7.97. The smallest absolute Gasteiger partial charge is 0.325 e. The van der Waals surface area contributed by atoms with Crippen LogP contribution in [0.3, 0.4) is 0 Å². The van der Waals surface area contributed by atoms with Gasteiger partial charge in [0.25, 0.3) is 0 Å². The van der Waals surface area contributed by atoms with Crippen LogP contribution < -0.4 is 4.74 Å². The minimum Gasteiger partial charge on any atom is -0.508 e. The summed E-state index contributed by atoms with van der Waals surface area (Å²) in [6.07, 6.45) is 0.912. The van der Waals surface area contributed by atoms with Gasteiger partial charge in [0, 0.05) is 5.56 Å². The van der Waals surface area contributed by atoms with Crippen LogP contribution in [0.2, 0.25) is 0 Å². The Morgan fingerprint density at radius 1 is 1.15 bits per heavy atom. The molecule has 0 saturated carbocycles. The van der Waals surface area contributed by atoms with Crippen molar-refractivity contribution in [1.29, 1.82) is 0 Å². The molecular formula is C20H27O5P. The molecule has 2 aromatic rings. The molecular weight excluding hydrogens is 351 g/mol. The summed E-state index contributed by atoms with van der Waals surface area (Å²) in [5.74, 6) is 1.85. The van der Waals surface area contributed by atoms with Gasteiger partial charge in [-0.25, -0.2) is 0 Å². The average molecular weight is 378 g/mol. The Labute approximate surface area is 154 Å². The summed E-state index contributed by atoms with van der Waals surface area (Å²) in [5, 5.41) is 9.97. The zero-order chi connectivity index (χ0) is 19.5. The van der Waals surface area contributed by atoms with Crippen LogP contribution in [0.15, 0.2) is 30.3 Å². The van der Waals surface area contributed by atoms with Gasteiger partial charge in [-0.05, 0) is 60.6 Å². The van der Waals surface area contributed by atoms with Gasteiger partial charge >= 0.3 is 7.60 Å². The lowest BCUT2D eigenvalue weighted by Gasteiger charge is -2.17. The fourth-order valence-electron chi connectivity index (χ4n) is 2.93. The van der Waals surface area contributed by atoms with E-state index in [1.807, 2.05) is 45.9 Å². The van der Waals surface area contributed by atoms with Crippen molar-refractivity contribution in [2.24, 2.45) is 0 Å². The van der Waals surface area contributed by atoms with Crippen molar-refractivity contribution >= 4 is 7.60 Å². The minimum atomic E-state index is -4.01. The molecule has 0 heterocycles. The van der Waals surface area contributed by atoms with Crippen LogP contribution in [0.25, 0.3) is 0 Å². The normalized spacial score (nSPS) is 11.8. The first-order valence-corrected chi connectivity index (χ1v) is 10.6. The molecule has 5 nitrogen and oxygen atoms in total. The van der Waals surface area contributed by atoms with E-state index in [-0.39, 0.29) is 17.8 Å². The molecule has 0 fully saturated rings. The molecule has 0 bridgehead atoms. The average Bonchev–Trinajstić information content (AvgIpc) is 2.55. The lowest BCUT2D eigenvalue weighted by Crippen LogP contribution is -2.00. The second kappa shape index (κ2) is 8.26. The fourth-order valence-corrected chi connectivity index (χ4v) is 3.48. The van der Waals surface area contributed by atoms with Gasteiger partial charge in [0.1, 0.15) is 17.2 Å². The summed E-state index contributed by atoms with van der Waals surface area (Å²) < 4.78 is 17.2. The lowest BCUT2D eigenvalue weighted by atomic mass is 10.0. The summed E-state index contributed by atoms with van der Waals surface area (Å²) in [6, 6.07) is 9.08. The van der Waals surface area contributed by atoms with Gasteiger partial charge in [0.05, 0.1) is 6.16 Å². The van der Waals surface area contributed by atoms with Gasteiger partial charge in [-0.2, -0.15) is 0 Å². The molecule has 0 amide bonds. The van der Waals surface area contributed by atoms with Gasteiger partial charge in [-0.3, -0.25) is 4.57 Å². The molecule has 6 heteroatoms. The number of benzene rings is 2. The Morgan fingerprint density at radius 2 is 1.85 bits per heavy atom. The van der Waals surface area contributed by atoms with Crippen molar-refractivity contribution in [3.05, 3.63) is 52.6 Å². The molecule has 0 spiro atoms. The number of phenolic OH excluding ortho intramolecular Hbond substituents is 1. The molecule has 2 rings (SSSR count). The van der Waals surface area contributed by atoms with Gasteiger partial charge in [-0.15, -0.1) is 0 Å². The van der Waals surface area contributed by atoms with Crippen LogP contribution in [0, 0.1) is 6.92 Å². The number of rotatable bonds is 7. The maximum atomic E-state index is 11.1. The van der Waals surface area contributed by atoms with Crippen molar-refractivity contribution in [3.8, 4) is 17.2 Å². The maximum Gasteiger partial charge on any atom is 0.325 e. The summed E-state index contributed by atoms with van der Waals surface area (Å²) >= 11 is 0. The van der Waals surface area contributed by atoms with Crippen molar-refractivity contribution < 1.29 is 24.2 Å². The highest BCUT2D eigenvalue weighted by Crippen LogP contribution is 2.37. The van der Waals surface area contributed by atoms with Crippen LogP contribution in [-0.2, 0) is 17.4 Å². The maximum absolute atomic E-state index is 11.1. The predicted molar refractivity (Wildman–Crippen MR) is 103 cm³/mol. The van der Waals surface area contributed by atoms with Gasteiger partial charge < -0.3 is 19.6 Å². The molecule has 142 valence electrons. The van der Waals surface area contributed by atoms with E-state index in [1.54, 1.807) is 12.1 Å². The molecule has 0 unspecified atom stereocenters. The molecule has 0 aliphatic carbocycles. The van der Waals surface area contributed by atoms with Crippen LogP contribution in [0.5, 0.6) is 17.2 Å². The number of hydrogen-bond donors (Lipinski definition) is 3. The van der Waals surface area contributed by atoms with Crippen molar-refractivity contribution in [2.75, 3.05) is 6.16 Å². The van der Waals surface area contributed by atoms with E-state index in [9.17, 15) is 9.67 Å². The van der Waals surface area contributed by atoms with Crippen LogP contribution in [0.4, 0.5) is 0 Å². The third kappa shape index (κ3) is 5.34. The first-order chi connectivity index (χ1) is 12.1. The molecule has 0 saturated heterocycles. The summed E-state index contributed by atoms with van der Waals surface area (Å²) in [5.41, 5.74) is 3.63. The van der Waals surface area contributed by atoms with E-state index in [2.05, 4.69) is 0 Å². The Morgan fingerprint density at radius 3 is 2.42 bits per heavy atom. The van der Waals surface area contributed by atoms with E-state index < -0.39 is 7.60 Å². The Bertz CT molecular complexity index is 823. The molecule has 26 heavy (non-hydrogen) atoms. The summed E-state index contributed by atoms with van der Waals surface area (Å²) in [4.78, 5) is 18.2. The largest absolute Gasteiger partial charge is 0.508 e. The molecule has 0 aliphatic rings. The van der Waals surface area contributed by atoms with E-state index in [0.29, 0.717) is 12.2 Å². The second-order valence-corrected chi connectivity index (χ2v) is 8.65. The highest BCUT2D eigenvalue weighted by molar-refractivity contribution is 7.51. The van der Waals surface area contributed by atoms with E-state index in [4.69, 9.17) is 14.5 Å². The van der Waals surface area contributed by atoms with Crippen molar-refractivity contribution in [2.45, 2.75) is 46.5 Å². The number of hydrogen-bond acceptors (Lipinski definition) is 3. The van der Waals surface area contributed by atoms with Crippen LogP contribution in [-0.4, -0.2) is 21.1 Å². The lowest BCUT2D eigenvalue weighted by molar-refractivity contribution is 0.373. The van der Waals surface area contributed by atoms with Crippen LogP contribution in [0.1, 0.15) is 48.9 Å². The molecule has 3 N–H and O–H groups in total. The Balaban J connectivity index is 2.32. The van der Waals surface area contributed by atoms with Crippen LogP contribution >= 0.6 is 7.60 Å². The highest BCUT2D eigenvalue weighted by atomic mass is 31.2. The first kappa shape index (κ1) is 20.5. The van der Waals surface area contributed by atoms with Gasteiger partial charge in [-0.1, -0.05) is 32.9 Å². The molecule has 0 aromatic heterocycles. The zero-order valence-electron chi connectivity index (χ0n) is 15.7. The fraction of sp³-hybridized carbons (Fsp3) is 0.400. The Kier molecular flexibility index (Phi) is 6.51. The van der Waals surface area contributed by atoms with E-state index in [0.717, 1.165) is 34.4 Å². The number of aryl methyl sites for hydroxylation is 3. The van der Waals surface area contributed by atoms with Gasteiger partial charge in [0.2, 0.25) is 0 Å². The summed E-state index contributed by atoms with van der Waals surface area (Å²) in [7, 11) is -4.01. The monoisotopic (exact) mass is 378 g/mol. The second-order valence-electron chi connectivity index (χ2n) is 6.87. The molecule has 0 aliphatic heterocycles. The van der Waals surface area contributed by atoms with Crippen molar-refractivity contribution in [3.63, 3.8) is 0 Å². The van der Waals surface area contributed by atoms with E-state index in [1.165, 1.54) is 0 Å². The molecule has 0 radical (unpaired) electrons. The zero-order valence-corrected chi connectivity index (χ0v) is 16.6. The predicted octanol–water partition coefficient (Wildman–Crippen LogP) is 4.90. The Hall–Kier alpha value is -1.81. The third-order valence-corrected chi connectivity index (χ3v) is 5.13. The molecule has 0 atom stereocenters. The highest BCUT2D eigenvalue weighted by Gasteiger charge is 2.16. The minimum absolute atomic E-state index is 0.161. The van der Waals surface area contributed by atoms with E-state index >= 15 is 0 Å². The topological polar surface area (TPSA) is 87.0 Å². The first-order valence-electron chi connectivity index (χ1n) is 8.78. The SMILES string of the molecule is CCc1cc(CCP(=O)(O)O)cc(C)c1Oc1ccc(O)c(C(C)C)c1. The standard InChI is InChI=1S/C20H27O5P/c1-5-16-11-15(8-9-26(22,23)24)10-14(4)20(16)25-17-6-7-19(21)18(12-17)13(2)3/h6-7,10-13,21H,5,8-9H2,1-4H3,(H2,22,23,24). The van der Waals surface area contributed by atoms with Crippen molar-refractivity contribution in [1.82, 2.24) is 0 Å².